The molecular weight excluding hydrogens is 462 g/mol. The Morgan fingerprint density at radius 1 is 1.15 bits per heavy atom. The predicted molar refractivity (Wildman–Crippen MR) is 107 cm³/mol. The number of carbonyl (C=O) groups excluding carboxylic acids is 2. The van der Waals surface area contributed by atoms with Crippen molar-refractivity contribution in [1.29, 1.82) is 0 Å². The molecule has 0 aliphatic rings. The van der Waals surface area contributed by atoms with E-state index in [-0.39, 0.29) is 24.9 Å². The fourth-order valence-corrected chi connectivity index (χ4v) is 3.07. The fraction of sp³-hybridized carbons (Fsp3) is 0.105. The molecule has 0 aliphatic heterocycles. The van der Waals surface area contributed by atoms with Crippen LogP contribution in [0.5, 0.6) is 0 Å². The van der Waals surface area contributed by atoms with Gasteiger partial charge >= 0.3 is 0 Å². The molecule has 1 heterocycles. The number of benzene rings is 2. The highest BCUT2D eigenvalue weighted by molar-refractivity contribution is 14.1. The van der Waals surface area contributed by atoms with E-state index < -0.39 is 5.82 Å². The molecule has 2 aromatic carbocycles. The van der Waals surface area contributed by atoms with Crippen molar-refractivity contribution in [3.63, 3.8) is 0 Å². The second-order valence-electron chi connectivity index (χ2n) is 5.69. The number of carbonyl (C=O) groups is 2. The summed E-state index contributed by atoms with van der Waals surface area (Å²) in [6.45, 7) is 0.0120. The number of amides is 2. The SMILES string of the molecule is O=C(CNC(=O)c1ccccc1I)NCc1ccc(-n2ccnc2)c(F)c1. The average Bonchev–Trinajstić information content (AvgIpc) is 3.19. The minimum absolute atomic E-state index is 0.153. The molecule has 2 amide bonds. The van der Waals surface area contributed by atoms with Crippen molar-refractivity contribution in [2.45, 2.75) is 6.54 Å². The van der Waals surface area contributed by atoms with Gasteiger partial charge in [-0.3, -0.25) is 9.59 Å². The van der Waals surface area contributed by atoms with E-state index in [9.17, 15) is 14.0 Å². The van der Waals surface area contributed by atoms with E-state index in [1.54, 1.807) is 41.2 Å². The van der Waals surface area contributed by atoms with Gasteiger partial charge in [-0.05, 0) is 52.4 Å². The van der Waals surface area contributed by atoms with Gasteiger partial charge in [0.1, 0.15) is 5.82 Å². The monoisotopic (exact) mass is 478 g/mol. The zero-order chi connectivity index (χ0) is 19.2. The maximum Gasteiger partial charge on any atom is 0.252 e. The molecule has 138 valence electrons. The van der Waals surface area contributed by atoms with Crippen LogP contribution < -0.4 is 10.6 Å². The van der Waals surface area contributed by atoms with Gasteiger partial charge in [0.25, 0.3) is 5.91 Å². The Hall–Kier alpha value is -2.75. The Labute approximate surface area is 168 Å². The summed E-state index contributed by atoms with van der Waals surface area (Å²) >= 11 is 2.06. The van der Waals surface area contributed by atoms with E-state index in [2.05, 4.69) is 38.2 Å². The van der Waals surface area contributed by atoms with Crippen molar-refractivity contribution in [2.75, 3.05) is 6.54 Å². The Morgan fingerprint density at radius 3 is 2.67 bits per heavy atom. The van der Waals surface area contributed by atoms with Crippen LogP contribution in [0.1, 0.15) is 15.9 Å². The number of hydrogen-bond acceptors (Lipinski definition) is 3. The standard InChI is InChI=1S/C19H16FIN4O2/c20-15-9-13(5-6-17(15)25-8-7-22-12-25)10-23-18(26)11-24-19(27)14-3-1-2-4-16(14)21/h1-9,12H,10-11H2,(H,23,26)(H,24,27). The Bertz CT molecular complexity index is 960. The smallest absolute Gasteiger partial charge is 0.252 e. The number of halogens is 2. The van der Waals surface area contributed by atoms with Crippen molar-refractivity contribution in [3.05, 3.63) is 81.7 Å². The maximum atomic E-state index is 14.2. The largest absolute Gasteiger partial charge is 0.350 e. The second kappa shape index (κ2) is 8.76. The van der Waals surface area contributed by atoms with Crippen LogP contribution in [0, 0.1) is 9.39 Å². The lowest BCUT2D eigenvalue weighted by Crippen LogP contribution is -2.36. The number of nitrogens with one attached hydrogen (secondary N) is 2. The van der Waals surface area contributed by atoms with Gasteiger partial charge in [-0.2, -0.15) is 0 Å². The Morgan fingerprint density at radius 2 is 1.96 bits per heavy atom. The molecule has 3 aromatic rings. The first-order valence-corrected chi connectivity index (χ1v) is 9.18. The van der Waals surface area contributed by atoms with Crippen LogP contribution in [0.2, 0.25) is 0 Å². The summed E-state index contributed by atoms with van der Waals surface area (Å²) in [5.41, 5.74) is 1.52. The minimum atomic E-state index is -0.410. The zero-order valence-electron chi connectivity index (χ0n) is 14.2. The molecule has 0 spiro atoms. The second-order valence-corrected chi connectivity index (χ2v) is 6.86. The molecule has 0 saturated heterocycles. The highest BCUT2D eigenvalue weighted by atomic mass is 127. The summed E-state index contributed by atoms with van der Waals surface area (Å²) < 4.78 is 16.6. The molecule has 6 nitrogen and oxygen atoms in total. The Balaban J connectivity index is 1.51. The van der Waals surface area contributed by atoms with Crippen LogP contribution in [-0.4, -0.2) is 27.9 Å². The molecule has 0 unspecified atom stereocenters. The first kappa shape index (κ1) is 19.0. The number of hydrogen-bond donors (Lipinski definition) is 2. The summed E-state index contributed by atoms with van der Waals surface area (Å²) in [6, 6.07) is 11.8. The third-order valence-electron chi connectivity index (χ3n) is 3.81. The van der Waals surface area contributed by atoms with Gasteiger partial charge in [-0.15, -0.1) is 0 Å². The molecular formula is C19H16FIN4O2. The van der Waals surface area contributed by atoms with Gasteiger partial charge < -0.3 is 15.2 Å². The van der Waals surface area contributed by atoms with E-state index in [0.717, 1.165) is 3.57 Å². The molecule has 0 saturated carbocycles. The van der Waals surface area contributed by atoms with E-state index in [1.165, 1.54) is 12.4 Å². The quantitative estimate of drug-likeness (QED) is 0.536. The van der Waals surface area contributed by atoms with Gasteiger partial charge in [-0.25, -0.2) is 9.37 Å². The molecule has 0 radical (unpaired) electrons. The summed E-state index contributed by atoms with van der Waals surface area (Å²) in [5, 5.41) is 5.24. The predicted octanol–water partition coefficient (Wildman–Crippen LogP) is 2.66. The van der Waals surface area contributed by atoms with Crippen molar-refractivity contribution in [2.24, 2.45) is 0 Å². The van der Waals surface area contributed by atoms with Gasteiger partial charge in [0.05, 0.1) is 24.1 Å². The number of nitrogens with zero attached hydrogens (tertiary/aromatic N) is 2. The number of rotatable bonds is 6. The number of aromatic nitrogens is 2. The highest BCUT2D eigenvalue weighted by Gasteiger charge is 2.11. The van der Waals surface area contributed by atoms with E-state index in [1.807, 2.05) is 12.1 Å². The molecule has 0 fully saturated rings. The van der Waals surface area contributed by atoms with Gasteiger partial charge in [0.15, 0.2) is 0 Å². The molecule has 3 rings (SSSR count). The molecule has 8 heteroatoms. The third kappa shape index (κ3) is 4.91. The van der Waals surface area contributed by atoms with Crippen LogP contribution in [0.4, 0.5) is 4.39 Å². The van der Waals surface area contributed by atoms with Gasteiger partial charge in [-0.1, -0.05) is 18.2 Å². The van der Waals surface area contributed by atoms with E-state index >= 15 is 0 Å². The summed E-state index contributed by atoms with van der Waals surface area (Å²) in [4.78, 5) is 27.9. The lowest BCUT2D eigenvalue weighted by atomic mass is 10.2. The third-order valence-corrected chi connectivity index (χ3v) is 4.75. The topological polar surface area (TPSA) is 76.0 Å². The zero-order valence-corrected chi connectivity index (χ0v) is 16.3. The van der Waals surface area contributed by atoms with Crippen LogP contribution in [0.15, 0.2) is 61.2 Å². The van der Waals surface area contributed by atoms with Crippen molar-refractivity contribution in [1.82, 2.24) is 20.2 Å². The summed E-state index contributed by atoms with van der Waals surface area (Å²) in [5.74, 6) is -1.08. The lowest BCUT2D eigenvalue weighted by molar-refractivity contribution is -0.120. The lowest BCUT2D eigenvalue weighted by Gasteiger charge is -2.09. The van der Waals surface area contributed by atoms with Crippen molar-refractivity contribution < 1.29 is 14.0 Å². The van der Waals surface area contributed by atoms with Crippen molar-refractivity contribution >= 4 is 34.4 Å². The van der Waals surface area contributed by atoms with Crippen LogP contribution in [0.3, 0.4) is 0 Å². The van der Waals surface area contributed by atoms with Crippen molar-refractivity contribution in [3.8, 4) is 5.69 Å². The van der Waals surface area contributed by atoms with E-state index in [0.29, 0.717) is 16.8 Å². The van der Waals surface area contributed by atoms with E-state index in [4.69, 9.17) is 0 Å². The minimum Gasteiger partial charge on any atom is -0.350 e. The molecule has 0 bridgehead atoms. The first-order chi connectivity index (χ1) is 13.0. The molecule has 2 N–H and O–H groups in total. The summed E-state index contributed by atoms with van der Waals surface area (Å²) in [6.07, 6.45) is 4.73. The van der Waals surface area contributed by atoms with Gasteiger partial charge in [0, 0.05) is 22.5 Å². The normalized spacial score (nSPS) is 10.4. The van der Waals surface area contributed by atoms with Crippen LogP contribution in [-0.2, 0) is 11.3 Å². The first-order valence-electron chi connectivity index (χ1n) is 8.11. The van der Waals surface area contributed by atoms with Crippen LogP contribution >= 0.6 is 22.6 Å². The average molecular weight is 478 g/mol. The molecule has 0 atom stereocenters. The maximum absolute atomic E-state index is 14.2. The molecule has 1 aromatic heterocycles. The highest BCUT2D eigenvalue weighted by Crippen LogP contribution is 2.15. The van der Waals surface area contributed by atoms with Crippen LogP contribution in [0.25, 0.3) is 5.69 Å². The summed E-state index contributed by atoms with van der Waals surface area (Å²) in [7, 11) is 0. The fourth-order valence-electron chi connectivity index (χ4n) is 2.44. The Kier molecular flexibility index (Phi) is 6.17. The number of imidazole rings is 1. The van der Waals surface area contributed by atoms with Gasteiger partial charge in [0.2, 0.25) is 5.91 Å². The molecule has 27 heavy (non-hydrogen) atoms. The molecule has 0 aliphatic carbocycles.